The minimum Gasteiger partial charge on any atom is -0.294 e. The summed E-state index contributed by atoms with van der Waals surface area (Å²) >= 11 is 0. The van der Waals surface area contributed by atoms with Crippen LogP contribution in [0.1, 0.15) is 48.4 Å². The van der Waals surface area contributed by atoms with Gasteiger partial charge in [0.05, 0.1) is 0 Å². The molecule has 0 bridgehead atoms. The second kappa shape index (κ2) is 12.8. The number of rotatable bonds is 4. The fraction of sp³-hybridized carbons (Fsp3) is 0.133. The van der Waals surface area contributed by atoms with E-state index in [0.29, 0.717) is 0 Å². The minimum atomic E-state index is 0.106. The van der Waals surface area contributed by atoms with Crippen molar-refractivity contribution < 1.29 is 9.59 Å². The molecule has 162 valence electrons. The molecule has 4 rings (SSSR count). The first-order valence-electron chi connectivity index (χ1n) is 10.9. The van der Waals surface area contributed by atoms with Crippen LogP contribution in [-0.2, 0) is 0 Å². The van der Waals surface area contributed by atoms with E-state index in [1.54, 1.807) is 13.8 Å². The van der Waals surface area contributed by atoms with Gasteiger partial charge in [-0.25, -0.2) is 0 Å². The summed E-state index contributed by atoms with van der Waals surface area (Å²) in [4.78, 5) is 22.9. The number of carbonyl (C=O) groups is 2. The lowest BCUT2D eigenvalue weighted by molar-refractivity contribution is 0.101. The molecule has 0 aliphatic heterocycles. The predicted octanol–water partition coefficient (Wildman–Crippen LogP) is 8.14. The molecule has 0 spiro atoms. The number of hydrogen-bond acceptors (Lipinski definition) is 2. The van der Waals surface area contributed by atoms with Crippen molar-refractivity contribution >= 4 is 11.6 Å². The Morgan fingerprint density at radius 1 is 0.438 bits per heavy atom. The highest BCUT2D eigenvalue weighted by Crippen LogP contribution is 2.24. The second-order valence-corrected chi connectivity index (χ2v) is 6.94. The van der Waals surface area contributed by atoms with Gasteiger partial charge in [-0.15, -0.1) is 0 Å². The Morgan fingerprint density at radius 3 is 1.03 bits per heavy atom. The fourth-order valence-corrected chi connectivity index (χ4v) is 3.32. The minimum absolute atomic E-state index is 0.106. The Hall–Kier alpha value is -3.78. The fourth-order valence-electron chi connectivity index (χ4n) is 3.32. The molecule has 2 nitrogen and oxygen atoms in total. The third kappa shape index (κ3) is 6.61. The quantitative estimate of drug-likeness (QED) is 0.311. The molecule has 0 unspecified atom stereocenters. The Bertz CT molecular complexity index is 1040. The first-order chi connectivity index (χ1) is 15.6. The maximum absolute atomic E-state index is 11.4. The second-order valence-electron chi connectivity index (χ2n) is 6.94. The predicted molar refractivity (Wildman–Crippen MR) is 135 cm³/mol. The highest BCUT2D eigenvalue weighted by molar-refractivity contribution is 6.01. The SMILES string of the molecule is CC.CC(=O)c1ccccc1-c1ccccc1.CC(=O)c1ccccc1-c1ccccc1. The lowest BCUT2D eigenvalue weighted by atomic mass is 9.98. The van der Waals surface area contributed by atoms with Crippen LogP contribution >= 0.6 is 0 Å². The number of hydrogen-bond donors (Lipinski definition) is 0. The summed E-state index contributed by atoms with van der Waals surface area (Å²) in [5.41, 5.74) is 5.75. The number of benzene rings is 4. The molecule has 0 amide bonds. The molecule has 0 saturated heterocycles. The van der Waals surface area contributed by atoms with Gasteiger partial charge in [-0.3, -0.25) is 9.59 Å². The summed E-state index contributed by atoms with van der Waals surface area (Å²) in [6.07, 6.45) is 0. The Kier molecular flexibility index (Phi) is 9.80. The van der Waals surface area contributed by atoms with Crippen LogP contribution < -0.4 is 0 Å². The van der Waals surface area contributed by atoms with E-state index in [9.17, 15) is 9.59 Å². The van der Waals surface area contributed by atoms with Gasteiger partial charge in [0.15, 0.2) is 11.6 Å². The van der Waals surface area contributed by atoms with Gasteiger partial charge in [-0.2, -0.15) is 0 Å². The van der Waals surface area contributed by atoms with Crippen LogP contribution in [0.5, 0.6) is 0 Å². The van der Waals surface area contributed by atoms with Crippen molar-refractivity contribution in [3.63, 3.8) is 0 Å². The third-order valence-corrected chi connectivity index (χ3v) is 4.78. The molecule has 0 radical (unpaired) electrons. The molecule has 0 heterocycles. The van der Waals surface area contributed by atoms with Gasteiger partial charge in [0.25, 0.3) is 0 Å². The first-order valence-corrected chi connectivity index (χ1v) is 10.9. The summed E-state index contributed by atoms with van der Waals surface area (Å²) in [6.45, 7) is 7.20. The van der Waals surface area contributed by atoms with Gasteiger partial charge < -0.3 is 0 Å². The molecule has 0 atom stereocenters. The van der Waals surface area contributed by atoms with Gasteiger partial charge >= 0.3 is 0 Å². The first kappa shape index (κ1) is 24.5. The van der Waals surface area contributed by atoms with E-state index in [4.69, 9.17) is 0 Å². The topological polar surface area (TPSA) is 34.1 Å². The van der Waals surface area contributed by atoms with Crippen molar-refractivity contribution in [3.8, 4) is 22.3 Å². The lowest BCUT2D eigenvalue weighted by Crippen LogP contribution is -1.95. The zero-order valence-electron chi connectivity index (χ0n) is 19.2. The van der Waals surface area contributed by atoms with Crippen LogP contribution in [0.3, 0.4) is 0 Å². The third-order valence-electron chi connectivity index (χ3n) is 4.78. The van der Waals surface area contributed by atoms with Crippen molar-refractivity contribution in [2.45, 2.75) is 27.7 Å². The summed E-state index contributed by atoms with van der Waals surface area (Å²) in [5.74, 6) is 0.212. The number of Topliss-reactive ketones (excluding diaryl/α,β-unsaturated/α-hetero) is 2. The van der Waals surface area contributed by atoms with Crippen molar-refractivity contribution in [2.24, 2.45) is 0 Å². The zero-order chi connectivity index (χ0) is 23.3. The van der Waals surface area contributed by atoms with Crippen LogP contribution in [0.25, 0.3) is 22.3 Å². The molecule has 4 aromatic carbocycles. The van der Waals surface area contributed by atoms with Crippen LogP contribution in [0, 0.1) is 0 Å². The Labute approximate surface area is 191 Å². The van der Waals surface area contributed by atoms with Gasteiger partial charge in [0, 0.05) is 11.1 Å². The smallest absolute Gasteiger partial charge is 0.160 e. The molecular formula is C30H30O2. The average Bonchev–Trinajstić information content (AvgIpc) is 2.86. The highest BCUT2D eigenvalue weighted by atomic mass is 16.1. The van der Waals surface area contributed by atoms with Gasteiger partial charge in [-0.1, -0.05) is 123 Å². The molecule has 0 fully saturated rings. The van der Waals surface area contributed by atoms with E-state index < -0.39 is 0 Å². The standard InChI is InChI=1S/2C14H12O.C2H6/c2*1-11(15)13-9-5-6-10-14(13)12-7-3-2-4-8-12;1-2/h2*2-10H,1H3;1-2H3. The molecule has 0 saturated carbocycles. The maximum atomic E-state index is 11.4. The van der Waals surface area contributed by atoms with E-state index in [0.717, 1.165) is 33.4 Å². The van der Waals surface area contributed by atoms with E-state index in [-0.39, 0.29) is 11.6 Å². The Morgan fingerprint density at radius 2 is 0.719 bits per heavy atom. The van der Waals surface area contributed by atoms with Crippen molar-refractivity contribution in [3.05, 3.63) is 120 Å². The summed E-state index contributed by atoms with van der Waals surface area (Å²) in [7, 11) is 0. The molecule has 0 aromatic heterocycles. The lowest BCUT2D eigenvalue weighted by Gasteiger charge is -2.06. The highest BCUT2D eigenvalue weighted by Gasteiger charge is 2.08. The molecule has 0 aliphatic carbocycles. The van der Waals surface area contributed by atoms with Crippen LogP contribution in [-0.4, -0.2) is 11.6 Å². The van der Waals surface area contributed by atoms with E-state index in [2.05, 4.69) is 0 Å². The zero-order valence-corrected chi connectivity index (χ0v) is 19.2. The van der Waals surface area contributed by atoms with E-state index in [1.165, 1.54) is 0 Å². The average molecular weight is 423 g/mol. The van der Waals surface area contributed by atoms with Crippen LogP contribution in [0.4, 0.5) is 0 Å². The summed E-state index contributed by atoms with van der Waals surface area (Å²) in [5, 5.41) is 0. The largest absolute Gasteiger partial charge is 0.294 e. The Balaban J connectivity index is 0.000000211. The van der Waals surface area contributed by atoms with E-state index in [1.807, 2.05) is 123 Å². The van der Waals surface area contributed by atoms with Gasteiger partial charge in [0.1, 0.15) is 0 Å². The van der Waals surface area contributed by atoms with Crippen molar-refractivity contribution in [2.75, 3.05) is 0 Å². The van der Waals surface area contributed by atoms with Gasteiger partial charge in [-0.05, 0) is 36.1 Å². The molecule has 2 heteroatoms. The number of carbonyl (C=O) groups excluding carboxylic acids is 2. The van der Waals surface area contributed by atoms with E-state index >= 15 is 0 Å². The molecular weight excluding hydrogens is 392 g/mol. The summed E-state index contributed by atoms with van der Waals surface area (Å²) < 4.78 is 0. The van der Waals surface area contributed by atoms with Gasteiger partial charge in [0.2, 0.25) is 0 Å². The van der Waals surface area contributed by atoms with Crippen LogP contribution in [0.2, 0.25) is 0 Å². The monoisotopic (exact) mass is 422 g/mol. The summed E-state index contributed by atoms with van der Waals surface area (Å²) in [6, 6.07) is 35.3. The maximum Gasteiger partial charge on any atom is 0.160 e. The van der Waals surface area contributed by atoms with Crippen molar-refractivity contribution in [1.29, 1.82) is 0 Å². The molecule has 0 N–H and O–H groups in total. The normalized spacial score (nSPS) is 9.50. The molecule has 4 aromatic rings. The van der Waals surface area contributed by atoms with Crippen molar-refractivity contribution in [1.82, 2.24) is 0 Å². The van der Waals surface area contributed by atoms with Crippen LogP contribution in [0.15, 0.2) is 109 Å². The molecule has 0 aliphatic rings. The molecule has 32 heavy (non-hydrogen) atoms. The number of ketones is 2.